The fourth-order valence-electron chi connectivity index (χ4n) is 2.35. The number of carbonyl (C=O) groups is 1. The predicted molar refractivity (Wildman–Crippen MR) is 100 cm³/mol. The van der Waals surface area contributed by atoms with Crippen molar-refractivity contribution in [3.05, 3.63) is 84.2 Å². The Balaban J connectivity index is 1.82. The van der Waals surface area contributed by atoms with Gasteiger partial charge in [0, 0.05) is 11.8 Å². The Bertz CT molecular complexity index is 1080. The summed E-state index contributed by atoms with van der Waals surface area (Å²) in [6, 6.07) is 18.7. The quantitative estimate of drug-likeness (QED) is 0.666. The van der Waals surface area contributed by atoms with Crippen LogP contribution in [-0.2, 0) is 9.84 Å². The lowest BCUT2D eigenvalue weighted by atomic mass is 10.2. The Labute approximate surface area is 156 Å². The summed E-state index contributed by atoms with van der Waals surface area (Å²) < 4.78 is 42.9. The highest BCUT2D eigenvalue weighted by Crippen LogP contribution is 2.24. The van der Waals surface area contributed by atoms with Crippen LogP contribution in [0, 0.1) is 5.82 Å². The maximum absolute atomic E-state index is 14.0. The number of rotatable bonds is 5. The van der Waals surface area contributed by atoms with E-state index in [0.717, 1.165) is 24.5 Å². The number of benzene rings is 3. The summed E-state index contributed by atoms with van der Waals surface area (Å²) in [4.78, 5) is 12.4. The standard InChI is InChI=1S/C20H16FNO4S/c1-27(24,25)17-10-11-18(21)19(13-17)22-20(23)14-6-5-9-16(12-14)26-15-7-3-2-4-8-15/h2-13H,1H3,(H,22,23). The van der Waals surface area contributed by atoms with Crippen LogP contribution in [0.15, 0.2) is 77.7 Å². The zero-order valence-electron chi connectivity index (χ0n) is 14.3. The highest BCUT2D eigenvalue weighted by molar-refractivity contribution is 7.90. The van der Waals surface area contributed by atoms with E-state index in [2.05, 4.69) is 5.32 Å². The SMILES string of the molecule is CS(=O)(=O)c1ccc(F)c(NC(=O)c2cccc(Oc3ccccc3)c2)c1. The van der Waals surface area contributed by atoms with Crippen molar-refractivity contribution in [3.63, 3.8) is 0 Å². The van der Waals surface area contributed by atoms with E-state index < -0.39 is 21.6 Å². The molecule has 0 saturated heterocycles. The molecule has 0 aliphatic carbocycles. The third-order valence-corrected chi connectivity index (χ3v) is 4.80. The van der Waals surface area contributed by atoms with Gasteiger partial charge in [0.1, 0.15) is 17.3 Å². The monoisotopic (exact) mass is 385 g/mol. The molecule has 27 heavy (non-hydrogen) atoms. The Hall–Kier alpha value is -3.19. The summed E-state index contributed by atoms with van der Waals surface area (Å²) in [5, 5.41) is 2.40. The number of hydrogen-bond acceptors (Lipinski definition) is 4. The molecule has 1 N–H and O–H groups in total. The van der Waals surface area contributed by atoms with Crippen molar-refractivity contribution in [3.8, 4) is 11.5 Å². The van der Waals surface area contributed by atoms with Gasteiger partial charge in [-0.05, 0) is 48.5 Å². The molecule has 0 atom stereocenters. The Kier molecular flexibility index (Phi) is 5.23. The minimum Gasteiger partial charge on any atom is -0.457 e. The second kappa shape index (κ2) is 7.59. The van der Waals surface area contributed by atoms with Crippen LogP contribution in [0.25, 0.3) is 0 Å². The fraction of sp³-hybridized carbons (Fsp3) is 0.0500. The molecule has 0 spiro atoms. The molecule has 0 heterocycles. The first kappa shape index (κ1) is 18.6. The molecule has 0 bridgehead atoms. The molecule has 0 aromatic heterocycles. The average Bonchev–Trinajstić information content (AvgIpc) is 2.63. The molecule has 138 valence electrons. The number of sulfone groups is 1. The molecule has 0 saturated carbocycles. The van der Waals surface area contributed by atoms with Gasteiger partial charge in [0.15, 0.2) is 9.84 Å². The molecule has 7 heteroatoms. The predicted octanol–water partition coefficient (Wildman–Crippen LogP) is 4.27. The number of nitrogens with one attached hydrogen (secondary N) is 1. The van der Waals surface area contributed by atoms with E-state index in [1.54, 1.807) is 30.3 Å². The van der Waals surface area contributed by atoms with Crippen LogP contribution >= 0.6 is 0 Å². The maximum atomic E-state index is 14.0. The number of halogens is 1. The van der Waals surface area contributed by atoms with Gasteiger partial charge in [-0.2, -0.15) is 0 Å². The molecule has 0 aliphatic heterocycles. The van der Waals surface area contributed by atoms with Gasteiger partial charge >= 0.3 is 0 Å². The summed E-state index contributed by atoms with van der Waals surface area (Å²) in [5.74, 6) is -0.258. The van der Waals surface area contributed by atoms with E-state index in [1.165, 1.54) is 6.07 Å². The lowest BCUT2D eigenvalue weighted by Gasteiger charge is -2.10. The molecule has 3 aromatic carbocycles. The summed E-state index contributed by atoms with van der Waals surface area (Å²) >= 11 is 0. The van der Waals surface area contributed by atoms with Crippen molar-refractivity contribution in [2.45, 2.75) is 4.90 Å². The zero-order chi connectivity index (χ0) is 19.4. The van der Waals surface area contributed by atoms with Crippen molar-refractivity contribution in [2.75, 3.05) is 11.6 Å². The molecular weight excluding hydrogens is 369 g/mol. The van der Waals surface area contributed by atoms with Gasteiger partial charge in [0.2, 0.25) is 0 Å². The first-order valence-electron chi connectivity index (χ1n) is 7.97. The van der Waals surface area contributed by atoms with Crippen LogP contribution in [-0.4, -0.2) is 20.6 Å². The molecule has 3 aromatic rings. The van der Waals surface area contributed by atoms with Gasteiger partial charge in [-0.3, -0.25) is 4.79 Å². The van der Waals surface area contributed by atoms with Crippen LogP contribution in [0.3, 0.4) is 0 Å². The first-order chi connectivity index (χ1) is 12.8. The van der Waals surface area contributed by atoms with E-state index in [4.69, 9.17) is 4.74 Å². The second-order valence-electron chi connectivity index (χ2n) is 5.81. The number of hydrogen-bond donors (Lipinski definition) is 1. The smallest absolute Gasteiger partial charge is 0.255 e. The van der Waals surface area contributed by atoms with Crippen LogP contribution in [0.2, 0.25) is 0 Å². The molecule has 5 nitrogen and oxygen atoms in total. The topological polar surface area (TPSA) is 72.5 Å². The van der Waals surface area contributed by atoms with E-state index in [1.807, 2.05) is 18.2 Å². The fourth-order valence-corrected chi connectivity index (χ4v) is 3.00. The van der Waals surface area contributed by atoms with Gasteiger partial charge < -0.3 is 10.1 Å². The summed E-state index contributed by atoms with van der Waals surface area (Å²) in [5.41, 5.74) is 0.0323. The maximum Gasteiger partial charge on any atom is 0.255 e. The number of ether oxygens (including phenoxy) is 1. The number of carbonyl (C=O) groups excluding carboxylic acids is 1. The molecule has 0 aliphatic rings. The Morgan fingerprint density at radius 1 is 0.926 bits per heavy atom. The number of anilines is 1. The van der Waals surface area contributed by atoms with Gasteiger partial charge in [-0.15, -0.1) is 0 Å². The van der Waals surface area contributed by atoms with Crippen molar-refractivity contribution >= 4 is 21.4 Å². The van der Waals surface area contributed by atoms with Crippen molar-refractivity contribution in [1.82, 2.24) is 0 Å². The molecule has 1 amide bonds. The summed E-state index contributed by atoms with van der Waals surface area (Å²) in [6.07, 6.45) is 1.01. The Morgan fingerprint density at radius 2 is 1.63 bits per heavy atom. The molecule has 0 unspecified atom stereocenters. The van der Waals surface area contributed by atoms with Gasteiger partial charge in [0.05, 0.1) is 10.6 Å². The van der Waals surface area contributed by atoms with Gasteiger partial charge in [0.25, 0.3) is 5.91 Å². The minimum atomic E-state index is -3.52. The third kappa shape index (κ3) is 4.71. The number of amides is 1. The van der Waals surface area contributed by atoms with Crippen LogP contribution in [0.5, 0.6) is 11.5 Å². The number of para-hydroxylation sites is 1. The van der Waals surface area contributed by atoms with Gasteiger partial charge in [-0.1, -0.05) is 24.3 Å². The largest absolute Gasteiger partial charge is 0.457 e. The van der Waals surface area contributed by atoms with Crippen molar-refractivity contribution < 1.29 is 22.3 Å². The van der Waals surface area contributed by atoms with Crippen LogP contribution in [0.4, 0.5) is 10.1 Å². The normalized spacial score (nSPS) is 11.0. The van der Waals surface area contributed by atoms with E-state index in [0.29, 0.717) is 11.5 Å². The summed E-state index contributed by atoms with van der Waals surface area (Å²) in [6.45, 7) is 0. The van der Waals surface area contributed by atoms with Crippen LogP contribution in [0.1, 0.15) is 10.4 Å². The molecule has 3 rings (SSSR count). The molecular formula is C20H16FNO4S. The first-order valence-corrected chi connectivity index (χ1v) is 9.86. The zero-order valence-corrected chi connectivity index (χ0v) is 15.2. The second-order valence-corrected chi connectivity index (χ2v) is 7.83. The van der Waals surface area contributed by atoms with Crippen molar-refractivity contribution in [1.29, 1.82) is 0 Å². The van der Waals surface area contributed by atoms with Gasteiger partial charge in [-0.25, -0.2) is 12.8 Å². The third-order valence-electron chi connectivity index (χ3n) is 3.69. The minimum absolute atomic E-state index is 0.0830. The van der Waals surface area contributed by atoms with Crippen LogP contribution < -0.4 is 10.1 Å². The van der Waals surface area contributed by atoms with Crippen molar-refractivity contribution in [2.24, 2.45) is 0 Å². The van der Waals surface area contributed by atoms with E-state index in [-0.39, 0.29) is 16.1 Å². The average molecular weight is 385 g/mol. The highest BCUT2D eigenvalue weighted by atomic mass is 32.2. The lowest BCUT2D eigenvalue weighted by molar-refractivity contribution is 0.102. The summed E-state index contributed by atoms with van der Waals surface area (Å²) in [7, 11) is -3.52. The Morgan fingerprint density at radius 3 is 2.33 bits per heavy atom. The molecule has 0 radical (unpaired) electrons. The highest BCUT2D eigenvalue weighted by Gasteiger charge is 2.14. The lowest BCUT2D eigenvalue weighted by Crippen LogP contribution is -2.13. The van der Waals surface area contributed by atoms with E-state index in [9.17, 15) is 17.6 Å². The van der Waals surface area contributed by atoms with E-state index >= 15 is 0 Å². The molecule has 0 fully saturated rings.